The molecule has 2 heterocycles. The minimum atomic E-state index is -0.242. The molecule has 1 aliphatic heterocycles. The summed E-state index contributed by atoms with van der Waals surface area (Å²) in [6.45, 7) is 2.14. The maximum atomic E-state index is 12.2. The first kappa shape index (κ1) is 16.3. The Morgan fingerprint density at radius 1 is 1.45 bits per heavy atom. The fraction of sp³-hybridized carbons (Fsp3) is 0.562. The summed E-state index contributed by atoms with van der Waals surface area (Å²) >= 11 is 0. The van der Waals surface area contributed by atoms with Crippen molar-refractivity contribution in [1.82, 2.24) is 10.3 Å². The number of carbonyl (C=O) groups is 2. The second kappa shape index (κ2) is 8.36. The van der Waals surface area contributed by atoms with Crippen molar-refractivity contribution in [2.75, 3.05) is 31.6 Å². The SMILES string of the molecule is COC(=O)CCCNC(=O)[C@H]1CCCN(c2ccccn2)C1. The predicted octanol–water partition coefficient (Wildman–Crippen LogP) is 1.37. The summed E-state index contributed by atoms with van der Waals surface area (Å²) in [5.41, 5.74) is 0. The molecular formula is C16H23N3O3. The number of nitrogens with zero attached hydrogens (tertiary/aromatic N) is 2. The first-order chi connectivity index (χ1) is 10.7. The van der Waals surface area contributed by atoms with Crippen LogP contribution in [-0.4, -0.2) is 43.6 Å². The van der Waals surface area contributed by atoms with Crippen molar-refractivity contribution in [2.24, 2.45) is 5.92 Å². The molecule has 1 N–H and O–H groups in total. The molecule has 0 spiro atoms. The van der Waals surface area contributed by atoms with E-state index < -0.39 is 0 Å². The molecule has 6 nitrogen and oxygen atoms in total. The number of hydrogen-bond donors (Lipinski definition) is 1. The zero-order chi connectivity index (χ0) is 15.8. The number of anilines is 1. The number of hydrogen-bond acceptors (Lipinski definition) is 5. The highest BCUT2D eigenvalue weighted by Gasteiger charge is 2.26. The van der Waals surface area contributed by atoms with Crippen LogP contribution in [0.4, 0.5) is 5.82 Å². The molecule has 1 amide bonds. The molecule has 1 saturated heterocycles. The van der Waals surface area contributed by atoms with Crippen molar-refractivity contribution in [3.05, 3.63) is 24.4 Å². The maximum Gasteiger partial charge on any atom is 0.305 e. The Hall–Kier alpha value is -2.11. The van der Waals surface area contributed by atoms with Gasteiger partial charge < -0.3 is 15.0 Å². The molecule has 1 atom stereocenters. The molecule has 1 fully saturated rings. The highest BCUT2D eigenvalue weighted by molar-refractivity contribution is 5.79. The Balaban J connectivity index is 1.77. The number of carbonyl (C=O) groups excluding carboxylic acids is 2. The van der Waals surface area contributed by atoms with E-state index in [1.54, 1.807) is 6.20 Å². The van der Waals surface area contributed by atoms with Gasteiger partial charge in [-0.15, -0.1) is 0 Å². The first-order valence-corrected chi connectivity index (χ1v) is 7.71. The van der Waals surface area contributed by atoms with Gasteiger partial charge in [-0.25, -0.2) is 4.98 Å². The third kappa shape index (κ3) is 4.72. The number of piperidine rings is 1. The Morgan fingerprint density at radius 3 is 3.05 bits per heavy atom. The van der Waals surface area contributed by atoms with Crippen LogP contribution in [0.2, 0.25) is 0 Å². The summed E-state index contributed by atoms with van der Waals surface area (Å²) in [4.78, 5) is 29.7. The Labute approximate surface area is 130 Å². The molecule has 1 aliphatic rings. The molecule has 22 heavy (non-hydrogen) atoms. The van der Waals surface area contributed by atoms with E-state index in [-0.39, 0.29) is 17.8 Å². The molecular weight excluding hydrogens is 282 g/mol. The number of amides is 1. The summed E-state index contributed by atoms with van der Waals surface area (Å²) in [6.07, 6.45) is 4.59. The fourth-order valence-corrected chi connectivity index (χ4v) is 2.63. The topological polar surface area (TPSA) is 71.5 Å². The largest absolute Gasteiger partial charge is 0.469 e. The Kier molecular flexibility index (Phi) is 6.18. The van der Waals surface area contributed by atoms with Crippen molar-refractivity contribution in [3.63, 3.8) is 0 Å². The number of esters is 1. The summed E-state index contributed by atoms with van der Waals surface area (Å²) in [5.74, 6) is 0.721. The van der Waals surface area contributed by atoms with Crippen LogP contribution in [-0.2, 0) is 14.3 Å². The van der Waals surface area contributed by atoms with Crippen LogP contribution >= 0.6 is 0 Å². The summed E-state index contributed by atoms with van der Waals surface area (Å²) < 4.78 is 4.57. The van der Waals surface area contributed by atoms with Gasteiger partial charge in [-0.1, -0.05) is 6.07 Å². The number of rotatable bonds is 6. The third-order valence-electron chi connectivity index (χ3n) is 3.85. The molecule has 6 heteroatoms. The minimum Gasteiger partial charge on any atom is -0.469 e. The van der Waals surface area contributed by atoms with Gasteiger partial charge in [-0.2, -0.15) is 0 Å². The van der Waals surface area contributed by atoms with Crippen LogP contribution in [0.5, 0.6) is 0 Å². The molecule has 0 unspecified atom stereocenters. The van der Waals surface area contributed by atoms with E-state index in [4.69, 9.17) is 0 Å². The quantitative estimate of drug-likeness (QED) is 0.635. The predicted molar refractivity (Wildman–Crippen MR) is 83.4 cm³/mol. The number of ether oxygens (including phenoxy) is 1. The van der Waals surface area contributed by atoms with Gasteiger partial charge in [0.15, 0.2) is 0 Å². The van der Waals surface area contributed by atoms with Crippen LogP contribution in [0.1, 0.15) is 25.7 Å². The van der Waals surface area contributed by atoms with E-state index in [1.807, 2.05) is 18.2 Å². The highest BCUT2D eigenvalue weighted by Crippen LogP contribution is 2.21. The lowest BCUT2D eigenvalue weighted by atomic mass is 9.97. The van der Waals surface area contributed by atoms with Crippen molar-refractivity contribution in [3.8, 4) is 0 Å². The van der Waals surface area contributed by atoms with Crippen LogP contribution < -0.4 is 10.2 Å². The lowest BCUT2D eigenvalue weighted by molar-refractivity contribution is -0.140. The molecule has 0 aliphatic carbocycles. The number of nitrogens with one attached hydrogen (secondary N) is 1. The van der Waals surface area contributed by atoms with Crippen molar-refractivity contribution in [1.29, 1.82) is 0 Å². The lowest BCUT2D eigenvalue weighted by Crippen LogP contribution is -2.43. The van der Waals surface area contributed by atoms with E-state index in [9.17, 15) is 9.59 Å². The highest BCUT2D eigenvalue weighted by atomic mass is 16.5. The van der Waals surface area contributed by atoms with Crippen molar-refractivity contribution >= 4 is 17.7 Å². The number of pyridine rings is 1. The maximum absolute atomic E-state index is 12.2. The molecule has 2 rings (SSSR count). The average Bonchev–Trinajstić information content (AvgIpc) is 2.59. The van der Waals surface area contributed by atoms with Gasteiger partial charge in [-0.05, 0) is 31.4 Å². The smallest absolute Gasteiger partial charge is 0.305 e. The van der Waals surface area contributed by atoms with Crippen molar-refractivity contribution < 1.29 is 14.3 Å². The van der Waals surface area contributed by atoms with E-state index >= 15 is 0 Å². The van der Waals surface area contributed by atoms with Gasteiger partial charge in [0, 0.05) is 32.3 Å². The van der Waals surface area contributed by atoms with E-state index in [0.717, 1.165) is 25.2 Å². The molecule has 0 saturated carbocycles. The van der Waals surface area contributed by atoms with E-state index in [1.165, 1.54) is 7.11 Å². The average molecular weight is 305 g/mol. The molecule has 0 aromatic carbocycles. The third-order valence-corrected chi connectivity index (χ3v) is 3.85. The molecule has 0 bridgehead atoms. The first-order valence-electron chi connectivity index (χ1n) is 7.71. The molecule has 120 valence electrons. The van der Waals surface area contributed by atoms with Crippen LogP contribution in [0.15, 0.2) is 24.4 Å². The summed E-state index contributed by atoms with van der Waals surface area (Å²) in [6, 6.07) is 5.81. The van der Waals surface area contributed by atoms with Crippen LogP contribution in [0.25, 0.3) is 0 Å². The fourth-order valence-electron chi connectivity index (χ4n) is 2.63. The molecule has 0 radical (unpaired) electrons. The summed E-state index contributed by atoms with van der Waals surface area (Å²) in [7, 11) is 1.37. The molecule has 1 aromatic heterocycles. The monoisotopic (exact) mass is 305 g/mol. The van der Waals surface area contributed by atoms with Crippen LogP contribution in [0.3, 0.4) is 0 Å². The second-order valence-corrected chi connectivity index (χ2v) is 5.44. The standard InChI is InChI=1S/C16H23N3O3/c1-22-15(20)8-4-10-18-16(21)13-6-5-11-19(12-13)14-7-2-3-9-17-14/h2-3,7,9,13H,4-6,8,10-12H2,1H3,(H,18,21)/t13-/m0/s1. The van der Waals surface area contributed by atoms with Gasteiger partial charge in [0.05, 0.1) is 13.0 Å². The second-order valence-electron chi connectivity index (χ2n) is 5.44. The molecule has 1 aromatic rings. The normalized spacial score (nSPS) is 17.9. The van der Waals surface area contributed by atoms with Crippen LogP contribution in [0, 0.1) is 5.92 Å². The van der Waals surface area contributed by atoms with Gasteiger partial charge in [0.2, 0.25) is 5.91 Å². The van der Waals surface area contributed by atoms with E-state index in [0.29, 0.717) is 25.9 Å². The zero-order valence-corrected chi connectivity index (χ0v) is 13.0. The van der Waals surface area contributed by atoms with Gasteiger partial charge in [0.1, 0.15) is 5.82 Å². The summed E-state index contributed by atoms with van der Waals surface area (Å²) in [5, 5.41) is 2.91. The number of methoxy groups -OCH3 is 1. The Bertz CT molecular complexity index is 493. The minimum absolute atomic E-state index is 0.0196. The number of aromatic nitrogens is 1. The van der Waals surface area contributed by atoms with Crippen molar-refractivity contribution in [2.45, 2.75) is 25.7 Å². The van der Waals surface area contributed by atoms with Gasteiger partial charge in [-0.3, -0.25) is 9.59 Å². The zero-order valence-electron chi connectivity index (χ0n) is 13.0. The lowest BCUT2D eigenvalue weighted by Gasteiger charge is -2.32. The van der Waals surface area contributed by atoms with Gasteiger partial charge in [0.25, 0.3) is 0 Å². The van der Waals surface area contributed by atoms with E-state index in [2.05, 4.69) is 19.9 Å². The van der Waals surface area contributed by atoms with Gasteiger partial charge >= 0.3 is 5.97 Å². The Morgan fingerprint density at radius 2 is 2.32 bits per heavy atom.